The van der Waals surface area contributed by atoms with E-state index >= 15 is 0 Å². The molecule has 8 nitrogen and oxygen atoms in total. The number of hydrogen-bond acceptors (Lipinski definition) is 5. The van der Waals surface area contributed by atoms with Crippen LogP contribution in [0.4, 0.5) is 5.69 Å². The first kappa shape index (κ1) is 19.7. The van der Waals surface area contributed by atoms with E-state index in [1.54, 1.807) is 38.1 Å². The van der Waals surface area contributed by atoms with Gasteiger partial charge in [-0.05, 0) is 45.5 Å². The zero-order valence-electron chi connectivity index (χ0n) is 14.8. The first-order valence-electron chi connectivity index (χ1n) is 7.68. The van der Waals surface area contributed by atoms with Crippen molar-refractivity contribution in [2.24, 2.45) is 0 Å². The third kappa shape index (κ3) is 3.78. The highest BCUT2D eigenvalue weighted by atomic mass is 32.2. The summed E-state index contributed by atoms with van der Waals surface area (Å²) in [4.78, 5) is 23.7. The van der Waals surface area contributed by atoms with Crippen molar-refractivity contribution in [1.82, 2.24) is 4.72 Å². The number of amides is 1. The highest BCUT2D eigenvalue weighted by molar-refractivity contribution is 7.89. The minimum Gasteiger partial charge on any atom is -0.481 e. The molecule has 0 unspecified atom stereocenters. The zero-order chi connectivity index (χ0) is 19.7. The molecule has 0 atom stereocenters. The van der Waals surface area contributed by atoms with Gasteiger partial charge in [0.25, 0.3) is 15.9 Å². The number of rotatable bonds is 6. The molecule has 1 aromatic carbocycles. The lowest BCUT2D eigenvalue weighted by Crippen LogP contribution is -2.28. The highest BCUT2D eigenvalue weighted by Gasteiger charge is 2.29. The van der Waals surface area contributed by atoms with Crippen LogP contribution in [0.5, 0.6) is 0 Å². The number of benzene rings is 1. The SMILES string of the molecule is CNS(=O)(=O)c1cc(C(=O)Nc2ccc(C(C)(C)C(=O)O)cc2)c(C)o1. The summed E-state index contributed by atoms with van der Waals surface area (Å²) in [5, 5.41) is 11.5. The summed E-state index contributed by atoms with van der Waals surface area (Å²) >= 11 is 0. The lowest BCUT2D eigenvalue weighted by Gasteiger charge is -2.19. The maximum Gasteiger partial charge on any atom is 0.313 e. The van der Waals surface area contributed by atoms with Gasteiger partial charge in [-0.25, -0.2) is 13.1 Å². The number of aryl methyl sites for hydroxylation is 1. The van der Waals surface area contributed by atoms with Crippen molar-refractivity contribution in [3.8, 4) is 0 Å². The number of furan rings is 1. The molecule has 1 heterocycles. The second-order valence-electron chi connectivity index (χ2n) is 6.20. The van der Waals surface area contributed by atoms with Gasteiger partial charge in [-0.3, -0.25) is 9.59 Å². The van der Waals surface area contributed by atoms with Gasteiger partial charge in [0.1, 0.15) is 5.76 Å². The minimum absolute atomic E-state index is 0.0915. The van der Waals surface area contributed by atoms with Crippen LogP contribution in [0.15, 0.2) is 39.8 Å². The quantitative estimate of drug-likeness (QED) is 0.705. The molecule has 1 aromatic heterocycles. The number of nitrogens with one attached hydrogen (secondary N) is 2. The van der Waals surface area contributed by atoms with Crippen LogP contribution in [0, 0.1) is 6.92 Å². The summed E-state index contributed by atoms with van der Waals surface area (Å²) in [5.74, 6) is -1.32. The molecule has 3 N–H and O–H groups in total. The number of carboxylic acids is 1. The van der Waals surface area contributed by atoms with Gasteiger partial charge in [0.15, 0.2) is 0 Å². The lowest BCUT2D eigenvalue weighted by atomic mass is 9.85. The second kappa shape index (κ2) is 6.93. The molecule has 1 amide bonds. The fraction of sp³-hybridized carbons (Fsp3) is 0.294. The van der Waals surface area contributed by atoms with E-state index in [-0.39, 0.29) is 16.4 Å². The van der Waals surface area contributed by atoms with Crippen molar-refractivity contribution < 1.29 is 27.5 Å². The van der Waals surface area contributed by atoms with Crippen molar-refractivity contribution in [3.05, 3.63) is 47.2 Å². The average molecular weight is 380 g/mol. The Morgan fingerprint density at radius 2 is 1.73 bits per heavy atom. The zero-order valence-corrected chi connectivity index (χ0v) is 15.6. The van der Waals surface area contributed by atoms with E-state index in [1.807, 2.05) is 0 Å². The first-order chi connectivity index (χ1) is 12.0. The Labute approximate surface area is 151 Å². The van der Waals surface area contributed by atoms with E-state index in [1.165, 1.54) is 14.0 Å². The molecule has 0 aliphatic heterocycles. The number of sulfonamides is 1. The number of carbonyl (C=O) groups is 2. The molecule has 9 heteroatoms. The van der Waals surface area contributed by atoms with Gasteiger partial charge in [-0.1, -0.05) is 12.1 Å². The van der Waals surface area contributed by atoms with Gasteiger partial charge < -0.3 is 14.8 Å². The van der Waals surface area contributed by atoms with Gasteiger partial charge in [0.2, 0.25) is 5.09 Å². The lowest BCUT2D eigenvalue weighted by molar-refractivity contribution is -0.142. The molecule has 0 radical (unpaired) electrons. The molecule has 0 aliphatic carbocycles. The van der Waals surface area contributed by atoms with E-state index in [2.05, 4.69) is 10.0 Å². The van der Waals surface area contributed by atoms with Crippen LogP contribution in [0.3, 0.4) is 0 Å². The molecule has 0 saturated heterocycles. The van der Waals surface area contributed by atoms with E-state index in [4.69, 9.17) is 4.42 Å². The maximum atomic E-state index is 12.4. The third-order valence-electron chi connectivity index (χ3n) is 4.07. The first-order valence-corrected chi connectivity index (χ1v) is 9.16. The molecule has 140 valence electrons. The Kier molecular flexibility index (Phi) is 5.24. The van der Waals surface area contributed by atoms with E-state index < -0.39 is 27.3 Å². The molecule has 0 bridgehead atoms. The smallest absolute Gasteiger partial charge is 0.313 e. The van der Waals surface area contributed by atoms with Crippen molar-refractivity contribution in [2.75, 3.05) is 12.4 Å². The van der Waals surface area contributed by atoms with Crippen LogP contribution in [0.1, 0.15) is 35.5 Å². The third-order valence-corrected chi connectivity index (χ3v) is 5.34. The molecule has 0 saturated carbocycles. The van der Waals surface area contributed by atoms with Gasteiger partial charge in [-0.15, -0.1) is 0 Å². The number of anilines is 1. The standard InChI is InChI=1S/C17H20N2O6S/c1-10-13(9-14(25-10)26(23,24)18-4)15(20)19-12-7-5-11(6-8-12)17(2,3)16(21)22/h5-9,18H,1-4H3,(H,19,20)(H,21,22). The number of carbonyl (C=O) groups excluding carboxylic acids is 1. The van der Waals surface area contributed by atoms with Crippen molar-refractivity contribution in [3.63, 3.8) is 0 Å². The number of hydrogen-bond donors (Lipinski definition) is 3. The summed E-state index contributed by atoms with van der Waals surface area (Å²) in [6.45, 7) is 4.66. The fourth-order valence-corrected chi connectivity index (χ4v) is 2.91. The fourth-order valence-electron chi connectivity index (χ4n) is 2.21. The van der Waals surface area contributed by atoms with Crippen LogP contribution in [-0.2, 0) is 20.2 Å². The van der Waals surface area contributed by atoms with Crippen LogP contribution >= 0.6 is 0 Å². The van der Waals surface area contributed by atoms with Gasteiger partial charge >= 0.3 is 5.97 Å². The average Bonchev–Trinajstić information content (AvgIpc) is 2.98. The van der Waals surface area contributed by atoms with Crippen LogP contribution in [0.25, 0.3) is 0 Å². The summed E-state index contributed by atoms with van der Waals surface area (Å²) in [7, 11) is -2.55. The molecular weight excluding hydrogens is 360 g/mol. The van der Waals surface area contributed by atoms with Crippen LogP contribution in [0.2, 0.25) is 0 Å². The molecule has 0 aliphatic rings. The molecular formula is C17H20N2O6S. The Morgan fingerprint density at radius 3 is 2.23 bits per heavy atom. The molecule has 2 rings (SSSR count). The molecule has 0 fully saturated rings. The summed E-state index contributed by atoms with van der Waals surface area (Å²) in [5.41, 5.74) is 0.0670. The maximum absolute atomic E-state index is 12.4. The van der Waals surface area contributed by atoms with Gasteiger partial charge in [0, 0.05) is 11.8 Å². The van der Waals surface area contributed by atoms with Crippen molar-refractivity contribution in [1.29, 1.82) is 0 Å². The molecule has 2 aromatic rings. The monoisotopic (exact) mass is 380 g/mol. The second-order valence-corrected chi connectivity index (χ2v) is 8.02. The Morgan fingerprint density at radius 1 is 1.15 bits per heavy atom. The summed E-state index contributed by atoms with van der Waals surface area (Å²) < 4.78 is 30.8. The summed E-state index contributed by atoms with van der Waals surface area (Å²) in [6, 6.07) is 7.54. The minimum atomic E-state index is -3.79. The van der Waals surface area contributed by atoms with Gasteiger partial charge in [0.05, 0.1) is 11.0 Å². The predicted octanol–water partition coefficient (Wildman–Crippen LogP) is 2.11. The topological polar surface area (TPSA) is 126 Å². The molecule has 26 heavy (non-hydrogen) atoms. The van der Waals surface area contributed by atoms with Crippen LogP contribution < -0.4 is 10.0 Å². The van der Waals surface area contributed by atoms with E-state index in [0.29, 0.717) is 11.3 Å². The Bertz CT molecular complexity index is 942. The largest absolute Gasteiger partial charge is 0.481 e. The number of carboxylic acid groups (broad SMARTS) is 1. The molecule has 0 spiro atoms. The van der Waals surface area contributed by atoms with Crippen molar-refractivity contribution >= 4 is 27.6 Å². The van der Waals surface area contributed by atoms with E-state index in [0.717, 1.165) is 6.07 Å². The number of aliphatic carboxylic acids is 1. The predicted molar refractivity (Wildman–Crippen MR) is 94.7 cm³/mol. The van der Waals surface area contributed by atoms with Gasteiger partial charge in [-0.2, -0.15) is 0 Å². The van der Waals surface area contributed by atoms with E-state index in [9.17, 15) is 23.1 Å². The Hall–Kier alpha value is -2.65. The highest BCUT2D eigenvalue weighted by Crippen LogP contribution is 2.25. The Balaban J connectivity index is 2.22. The summed E-state index contributed by atoms with van der Waals surface area (Å²) in [6.07, 6.45) is 0. The van der Waals surface area contributed by atoms with Crippen molar-refractivity contribution in [2.45, 2.75) is 31.3 Å². The normalized spacial score (nSPS) is 12.0. The van der Waals surface area contributed by atoms with Crippen LogP contribution in [-0.4, -0.2) is 32.4 Å².